The fourth-order valence-electron chi connectivity index (χ4n) is 6.48. The molecule has 1 amide bonds. The molecule has 4 aromatic rings. The quantitative estimate of drug-likeness (QED) is 0.278. The van der Waals surface area contributed by atoms with Crippen molar-refractivity contribution < 1.29 is 13.9 Å². The second-order valence-corrected chi connectivity index (χ2v) is 11.0. The maximum atomic E-state index is 15.8. The van der Waals surface area contributed by atoms with Crippen molar-refractivity contribution in [2.24, 2.45) is 0 Å². The molecule has 4 heterocycles. The summed E-state index contributed by atoms with van der Waals surface area (Å²) in [4.78, 5) is 31.3. The van der Waals surface area contributed by atoms with Gasteiger partial charge in [0.1, 0.15) is 16.8 Å². The fraction of sp³-hybridized carbons (Fsp3) is 0.394. The second-order valence-electron chi connectivity index (χ2n) is 11.0. The molecular formula is C33H37FN4O3. The predicted molar refractivity (Wildman–Crippen MR) is 162 cm³/mol. The molecule has 41 heavy (non-hydrogen) atoms. The molecule has 8 heteroatoms. The third-order valence-corrected chi connectivity index (χ3v) is 8.57. The van der Waals surface area contributed by atoms with Gasteiger partial charge in [-0.15, -0.1) is 0 Å². The summed E-state index contributed by atoms with van der Waals surface area (Å²) in [5.74, 6) is -0.0457. The summed E-state index contributed by atoms with van der Waals surface area (Å²) in [6.07, 6.45) is 6.65. The number of rotatable bonds is 5. The van der Waals surface area contributed by atoms with Gasteiger partial charge in [0.05, 0.1) is 11.1 Å². The highest BCUT2D eigenvalue weighted by atomic mass is 19.1. The van der Waals surface area contributed by atoms with Gasteiger partial charge in [0.25, 0.3) is 5.91 Å². The fourth-order valence-corrected chi connectivity index (χ4v) is 6.48. The molecule has 1 unspecified atom stereocenters. The Balaban J connectivity index is 0.00000148. The number of ether oxygens (including phenoxy) is 1. The summed E-state index contributed by atoms with van der Waals surface area (Å²) >= 11 is 0. The Labute approximate surface area is 239 Å². The Morgan fingerprint density at radius 2 is 1.78 bits per heavy atom. The number of fused-ring (bicyclic) bond motifs is 3. The number of nitrogens with zero attached hydrogens (tertiary/aromatic N) is 3. The van der Waals surface area contributed by atoms with E-state index in [1.807, 2.05) is 59.7 Å². The zero-order valence-corrected chi connectivity index (χ0v) is 24.0. The molecule has 0 saturated carbocycles. The first-order valence-corrected chi connectivity index (χ1v) is 14.9. The molecule has 0 spiro atoms. The zero-order chi connectivity index (χ0) is 28.7. The van der Waals surface area contributed by atoms with E-state index in [2.05, 4.69) is 17.3 Å². The van der Waals surface area contributed by atoms with E-state index >= 15 is 4.39 Å². The highest BCUT2D eigenvalue weighted by Crippen LogP contribution is 2.48. The van der Waals surface area contributed by atoms with Crippen LogP contribution in [0.5, 0.6) is 11.5 Å². The van der Waals surface area contributed by atoms with Gasteiger partial charge >= 0.3 is 0 Å². The van der Waals surface area contributed by atoms with E-state index < -0.39 is 17.2 Å². The summed E-state index contributed by atoms with van der Waals surface area (Å²) in [5, 5.41) is 5.09. The molecule has 7 nitrogen and oxygen atoms in total. The van der Waals surface area contributed by atoms with Crippen molar-refractivity contribution in [3.05, 3.63) is 70.3 Å². The maximum Gasteiger partial charge on any atom is 0.256 e. The van der Waals surface area contributed by atoms with Gasteiger partial charge in [-0.05, 0) is 74.7 Å². The van der Waals surface area contributed by atoms with Crippen molar-refractivity contribution in [3.8, 4) is 17.2 Å². The smallest absolute Gasteiger partial charge is 0.256 e. The summed E-state index contributed by atoms with van der Waals surface area (Å²) in [7, 11) is 2.10. The normalized spacial score (nSPS) is 17.8. The van der Waals surface area contributed by atoms with E-state index in [1.54, 1.807) is 6.20 Å². The van der Waals surface area contributed by atoms with Crippen molar-refractivity contribution >= 4 is 33.3 Å². The lowest BCUT2D eigenvalue weighted by Crippen LogP contribution is -2.34. The largest absolute Gasteiger partial charge is 0.451 e. The van der Waals surface area contributed by atoms with Crippen LogP contribution in [-0.2, 0) is 0 Å². The number of nitrogens with one attached hydrogen (secondary N) is 1. The van der Waals surface area contributed by atoms with Crippen LogP contribution >= 0.6 is 0 Å². The van der Waals surface area contributed by atoms with Crippen LogP contribution < -0.4 is 20.4 Å². The lowest BCUT2D eigenvalue weighted by molar-refractivity contribution is 0.0949. The van der Waals surface area contributed by atoms with Crippen LogP contribution in [-0.4, -0.2) is 54.6 Å². The monoisotopic (exact) mass is 556 g/mol. The molecule has 214 valence electrons. The van der Waals surface area contributed by atoms with Gasteiger partial charge in [-0.2, -0.15) is 0 Å². The van der Waals surface area contributed by atoms with Gasteiger partial charge in [0.15, 0.2) is 17.3 Å². The second kappa shape index (κ2) is 11.2. The average molecular weight is 557 g/mol. The Hall–Kier alpha value is -3.91. The molecule has 7 rings (SSSR count). The highest BCUT2D eigenvalue weighted by Gasteiger charge is 2.31. The van der Waals surface area contributed by atoms with Crippen molar-refractivity contribution in [1.29, 1.82) is 0 Å². The summed E-state index contributed by atoms with van der Waals surface area (Å²) in [5.41, 5.74) is 1.10. The number of likely N-dealkylation sites (tertiary alicyclic amines) is 1. The lowest BCUT2D eigenvalue weighted by atomic mass is 10.0. The molecule has 3 aromatic carbocycles. The van der Waals surface area contributed by atoms with Gasteiger partial charge in [-0.1, -0.05) is 38.1 Å². The molecule has 3 aliphatic heterocycles. The first-order chi connectivity index (χ1) is 20.0. The molecule has 0 radical (unpaired) electrons. The predicted octanol–water partition coefficient (Wildman–Crippen LogP) is 6.23. The number of hydrogen-bond donors (Lipinski definition) is 1. The third-order valence-electron chi connectivity index (χ3n) is 8.57. The van der Waals surface area contributed by atoms with Crippen LogP contribution in [0.1, 0.15) is 56.3 Å². The standard InChI is InChI=1S/C31H31FN4O3.C2H6/c1-34-12-6-9-21(34)10-11-33-31(38)23-18-36-25-15-19-7-2-3-8-20(19)16-26(25)39-30-27(36)22(29(23)37)17-24(32)28(30)35-13-4-5-14-35;1-2/h2-3,7-8,15-18,21H,4-6,9-14H2,1H3,(H,33,38);1-2H3. The number of halogens is 1. The van der Waals surface area contributed by atoms with E-state index in [9.17, 15) is 9.59 Å². The molecule has 0 bridgehead atoms. The number of anilines is 1. The van der Waals surface area contributed by atoms with Gasteiger partial charge in [0.2, 0.25) is 5.43 Å². The van der Waals surface area contributed by atoms with E-state index in [-0.39, 0.29) is 10.9 Å². The van der Waals surface area contributed by atoms with E-state index in [0.29, 0.717) is 41.0 Å². The van der Waals surface area contributed by atoms with Crippen LogP contribution in [0.3, 0.4) is 0 Å². The van der Waals surface area contributed by atoms with Gasteiger partial charge in [-0.25, -0.2) is 4.39 Å². The summed E-state index contributed by atoms with van der Waals surface area (Å²) < 4.78 is 24.0. The number of benzene rings is 3. The number of amides is 1. The zero-order valence-electron chi connectivity index (χ0n) is 24.0. The number of carbonyl (C=O) groups is 1. The van der Waals surface area contributed by atoms with Crippen LogP contribution in [0.25, 0.3) is 27.4 Å². The van der Waals surface area contributed by atoms with Crippen molar-refractivity contribution in [2.75, 3.05) is 38.1 Å². The average Bonchev–Trinajstić information content (AvgIpc) is 3.66. The van der Waals surface area contributed by atoms with E-state index in [0.717, 1.165) is 62.5 Å². The minimum atomic E-state index is -0.505. The molecular weight excluding hydrogens is 519 g/mol. The Morgan fingerprint density at radius 3 is 2.49 bits per heavy atom. The molecule has 3 aliphatic rings. The first kappa shape index (κ1) is 27.3. The van der Waals surface area contributed by atoms with Crippen LogP contribution in [0.4, 0.5) is 10.1 Å². The molecule has 2 fully saturated rings. The van der Waals surface area contributed by atoms with Crippen molar-refractivity contribution in [2.45, 2.75) is 52.0 Å². The molecule has 1 atom stereocenters. The van der Waals surface area contributed by atoms with E-state index in [1.165, 1.54) is 6.07 Å². The van der Waals surface area contributed by atoms with Crippen molar-refractivity contribution in [1.82, 2.24) is 14.8 Å². The highest BCUT2D eigenvalue weighted by molar-refractivity contribution is 6.02. The Bertz CT molecular complexity index is 1690. The molecule has 1 aromatic heterocycles. The minimum absolute atomic E-state index is 0.00237. The van der Waals surface area contributed by atoms with Crippen molar-refractivity contribution in [3.63, 3.8) is 0 Å². The topological polar surface area (TPSA) is 66.8 Å². The molecule has 0 aliphatic carbocycles. The first-order valence-electron chi connectivity index (χ1n) is 14.9. The number of hydrogen-bond acceptors (Lipinski definition) is 5. The van der Waals surface area contributed by atoms with Crippen LogP contribution in [0, 0.1) is 5.82 Å². The summed E-state index contributed by atoms with van der Waals surface area (Å²) in [6, 6.07) is 13.6. The lowest BCUT2D eigenvalue weighted by Gasteiger charge is -2.29. The van der Waals surface area contributed by atoms with E-state index in [4.69, 9.17) is 4.74 Å². The number of aromatic nitrogens is 1. The number of pyridine rings is 1. The van der Waals surface area contributed by atoms with Gasteiger partial charge < -0.3 is 24.4 Å². The molecule has 2 saturated heterocycles. The number of carbonyl (C=O) groups excluding carboxylic acids is 1. The Kier molecular flexibility index (Phi) is 7.43. The van der Waals surface area contributed by atoms with Crippen LogP contribution in [0.2, 0.25) is 0 Å². The van der Waals surface area contributed by atoms with Crippen LogP contribution in [0.15, 0.2) is 53.5 Å². The SMILES string of the molecule is CC.CN1CCCC1CCNC(=O)c1cn2c3c(c(N4CCCC4)c(F)cc3c1=O)Oc1cc3ccccc3cc1-2. The van der Waals surface area contributed by atoms with Gasteiger partial charge in [-0.3, -0.25) is 9.59 Å². The minimum Gasteiger partial charge on any atom is -0.451 e. The maximum absolute atomic E-state index is 15.8. The third kappa shape index (κ3) is 4.74. The Morgan fingerprint density at radius 1 is 1.05 bits per heavy atom. The molecule has 1 N–H and O–H groups in total. The van der Waals surface area contributed by atoms with Gasteiger partial charge in [0, 0.05) is 31.9 Å². The summed E-state index contributed by atoms with van der Waals surface area (Å²) in [6.45, 7) is 7.00.